The van der Waals surface area contributed by atoms with Crippen molar-refractivity contribution >= 4 is 11.8 Å². The first-order valence-electron chi connectivity index (χ1n) is 8.77. The number of nitrogens with two attached hydrogens (primary N) is 1. The van der Waals surface area contributed by atoms with Crippen LogP contribution in [0.4, 0.5) is 0 Å². The lowest BCUT2D eigenvalue weighted by molar-refractivity contribution is 0.472. The van der Waals surface area contributed by atoms with E-state index < -0.39 is 0 Å². The summed E-state index contributed by atoms with van der Waals surface area (Å²) in [6.07, 6.45) is 19.9. The molecule has 2 fully saturated rings. The van der Waals surface area contributed by atoms with Crippen molar-refractivity contribution < 1.29 is 0 Å². The zero-order valence-corrected chi connectivity index (χ0v) is 13.4. The van der Waals surface area contributed by atoms with Gasteiger partial charge in [-0.3, -0.25) is 0 Å². The summed E-state index contributed by atoms with van der Waals surface area (Å²) in [5.74, 6) is 0. The van der Waals surface area contributed by atoms with Gasteiger partial charge in [-0.05, 0) is 25.7 Å². The predicted octanol–water partition coefficient (Wildman–Crippen LogP) is 5.27. The third-order valence-electron chi connectivity index (χ3n) is 4.92. The Balaban J connectivity index is 1.79. The van der Waals surface area contributed by atoms with Crippen molar-refractivity contribution in [3.8, 4) is 0 Å². The summed E-state index contributed by atoms with van der Waals surface area (Å²) in [6, 6.07) is 0.463. The van der Waals surface area contributed by atoms with Gasteiger partial charge in [-0.1, -0.05) is 64.2 Å². The molecule has 0 radical (unpaired) electrons. The molecule has 0 aliphatic heterocycles. The van der Waals surface area contributed by atoms with E-state index in [1.54, 1.807) is 0 Å². The van der Waals surface area contributed by atoms with Crippen LogP contribution in [0.25, 0.3) is 0 Å². The third-order valence-corrected chi connectivity index (χ3v) is 6.71. The lowest BCUT2D eigenvalue weighted by atomic mass is 9.98. The summed E-state index contributed by atoms with van der Waals surface area (Å²) in [6.45, 7) is 0. The predicted molar refractivity (Wildman–Crippen MR) is 87.8 cm³/mol. The normalized spacial score (nSPS) is 32.7. The van der Waals surface area contributed by atoms with Gasteiger partial charge in [0.05, 0.1) is 0 Å². The van der Waals surface area contributed by atoms with Gasteiger partial charge in [0.15, 0.2) is 0 Å². The summed E-state index contributed by atoms with van der Waals surface area (Å²) in [5, 5.41) is 1.69. The first-order valence-corrected chi connectivity index (χ1v) is 9.71. The number of hydrogen-bond acceptors (Lipinski definition) is 2. The Kier molecular flexibility index (Phi) is 7.67. The van der Waals surface area contributed by atoms with E-state index in [9.17, 15) is 0 Å². The molecule has 2 N–H and O–H groups in total. The minimum Gasteiger partial charge on any atom is -0.327 e. The SMILES string of the molecule is NC1CCCCCCCCCCC1SC1CCCC1. The molecule has 2 heteroatoms. The van der Waals surface area contributed by atoms with Crippen molar-refractivity contribution in [1.82, 2.24) is 0 Å². The van der Waals surface area contributed by atoms with Gasteiger partial charge >= 0.3 is 0 Å². The lowest BCUT2D eigenvalue weighted by Gasteiger charge is -2.26. The highest BCUT2D eigenvalue weighted by atomic mass is 32.2. The maximum absolute atomic E-state index is 6.52. The van der Waals surface area contributed by atoms with Gasteiger partial charge in [-0.2, -0.15) is 11.8 Å². The Morgan fingerprint density at radius 2 is 1.05 bits per heavy atom. The molecule has 0 spiro atoms. The molecule has 2 atom stereocenters. The Bertz CT molecular complexity index is 225. The van der Waals surface area contributed by atoms with Crippen LogP contribution in [0.5, 0.6) is 0 Å². The van der Waals surface area contributed by atoms with Crippen LogP contribution in [0, 0.1) is 0 Å². The minimum atomic E-state index is 0.463. The Morgan fingerprint density at radius 1 is 0.579 bits per heavy atom. The van der Waals surface area contributed by atoms with E-state index in [1.807, 2.05) is 0 Å². The zero-order chi connectivity index (χ0) is 13.3. The van der Waals surface area contributed by atoms with E-state index in [2.05, 4.69) is 11.8 Å². The van der Waals surface area contributed by atoms with Crippen molar-refractivity contribution in [3.63, 3.8) is 0 Å². The molecule has 2 saturated carbocycles. The number of rotatable bonds is 2. The van der Waals surface area contributed by atoms with Gasteiger partial charge in [0.2, 0.25) is 0 Å². The van der Waals surface area contributed by atoms with E-state index in [0.29, 0.717) is 6.04 Å². The van der Waals surface area contributed by atoms with Crippen LogP contribution < -0.4 is 5.73 Å². The fraction of sp³-hybridized carbons (Fsp3) is 1.00. The summed E-state index contributed by atoms with van der Waals surface area (Å²) in [7, 11) is 0. The first kappa shape index (κ1) is 15.7. The van der Waals surface area contributed by atoms with E-state index in [-0.39, 0.29) is 0 Å². The average molecular weight is 284 g/mol. The Morgan fingerprint density at radius 3 is 1.68 bits per heavy atom. The van der Waals surface area contributed by atoms with Crippen molar-refractivity contribution in [1.29, 1.82) is 0 Å². The molecule has 19 heavy (non-hydrogen) atoms. The fourth-order valence-corrected chi connectivity index (χ4v) is 5.37. The highest BCUT2D eigenvalue weighted by Gasteiger charge is 2.24. The van der Waals surface area contributed by atoms with E-state index >= 15 is 0 Å². The van der Waals surface area contributed by atoms with Crippen LogP contribution in [0.2, 0.25) is 0 Å². The molecular formula is C17H33NS. The topological polar surface area (TPSA) is 26.0 Å². The molecule has 2 unspecified atom stereocenters. The summed E-state index contributed by atoms with van der Waals surface area (Å²) in [4.78, 5) is 0. The van der Waals surface area contributed by atoms with Crippen molar-refractivity contribution in [2.75, 3.05) is 0 Å². The number of thioether (sulfide) groups is 1. The standard InChI is InChI=1S/C17H33NS/c18-16-13-7-5-3-1-2-4-6-8-14-17(16)19-15-11-9-10-12-15/h15-17H,1-14,18H2. The van der Waals surface area contributed by atoms with Crippen LogP contribution in [0.15, 0.2) is 0 Å². The fourth-order valence-electron chi connectivity index (χ4n) is 3.63. The van der Waals surface area contributed by atoms with Crippen LogP contribution >= 0.6 is 11.8 Å². The summed E-state index contributed by atoms with van der Waals surface area (Å²) >= 11 is 2.26. The second kappa shape index (κ2) is 9.28. The van der Waals surface area contributed by atoms with E-state index in [4.69, 9.17) is 5.73 Å². The van der Waals surface area contributed by atoms with E-state index in [0.717, 1.165) is 10.5 Å². The highest BCUT2D eigenvalue weighted by molar-refractivity contribution is 8.00. The Labute approximate surface area is 124 Å². The quantitative estimate of drug-likeness (QED) is 0.747. The maximum atomic E-state index is 6.52. The van der Waals surface area contributed by atoms with Crippen LogP contribution in [-0.4, -0.2) is 16.5 Å². The molecule has 112 valence electrons. The molecule has 0 saturated heterocycles. The van der Waals surface area contributed by atoms with Gasteiger partial charge in [0, 0.05) is 16.5 Å². The second-order valence-corrected chi connectivity index (χ2v) is 8.19. The zero-order valence-electron chi connectivity index (χ0n) is 12.6. The van der Waals surface area contributed by atoms with Gasteiger partial charge in [-0.15, -0.1) is 0 Å². The van der Waals surface area contributed by atoms with Gasteiger partial charge < -0.3 is 5.73 Å². The average Bonchev–Trinajstić information content (AvgIpc) is 2.90. The van der Waals surface area contributed by atoms with Crippen LogP contribution in [0.1, 0.15) is 89.9 Å². The molecule has 2 aliphatic carbocycles. The molecule has 2 rings (SSSR count). The third kappa shape index (κ3) is 6.08. The molecule has 0 bridgehead atoms. The molecule has 0 heterocycles. The smallest absolute Gasteiger partial charge is 0.0201 e. The molecular weight excluding hydrogens is 250 g/mol. The molecule has 1 nitrogen and oxygen atoms in total. The summed E-state index contributed by atoms with van der Waals surface area (Å²) in [5.41, 5.74) is 6.52. The molecule has 2 aliphatic rings. The summed E-state index contributed by atoms with van der Waals surface area (Å²) < 4.78 is 0. The van der Waals surface area contributed by atoms with Crippen molar-refractivity contribution in [2.24, 2.45) is 5.73 Å². The van der Waals surface area contributed by atoms with Gasteiger partial charge in [0.1, 0.15) is 0 Å². The maximum Gasteiger partial charge on any atom is 0.0201 e. The monoisotopic (exact) mass is 283 g/mol. The number of hydrogen-bond donors (Lipinski definition) is 1. The van der Waals surface area contributed by atoms with Crippen molar-refractivity contribution in [3.05, 3.63) is 0 Å². The van der Waals surface area contributed by atoms with E-state index in [1.165, 1.54) is 89.9 Å². The van der Waals surface area contributed by atoms with Gasteiger partial charge in [-0.25, -0.2) is 0 Å². The molecule has 0 amide bonds. The largest absolute Gasteiger partial charge is 0.327 e. The first-order chi connectivity index (χ1) is 9.36. The Hall–Kier alpha value is 0.310. The van der Waals surface area contributed by atoms with Crippen LogP contribution in [0.3, 0.4) is 0 Å². The molecule has 0 aromatic rings. The highest BCUT2D eigenvalue weighted by Crippen LogP contribution is 2.36. The van der Waals surface area contributed by atoms with Crippen molar-refractivity contribution in [2.45, 2.75) is 106 Å². The molecule has 0 aromatic carbocycles. The van der Waals surface area contributed by atoms with Gasteiger partial charge in [0.25, 0.3) is 0 Å². The lowest BCUT2D eigenvalue weighted by Crippen LogP contribution is -2.33. The molecule has 0 aromatic heterocycles. The second-order valence-electron chi connectivity index (χ2n) is 6.65. The minimum absolute atomic E-state index is 0.463. The van der Waals surface area contributed by atoms with Crippen LogP contribution in [-0.2, 0) is 0 Å².